The highest BCUT2D eigenvalue weighted by Gasteiger charge is 2.17. The number of carbonyl (C=O) groups excluding carboxylic acids is 1. The smallest absolute Gasteiger partial charge is 0.312 e. The number of imidazole rings is 1. The summed E-state index contributed by atoms with van der Waals surface area (Å²) in [5.41, 5.74) is 5.31. The topological polar surface area (TPSA) is 71.2 Å². The van der Waals surface area contributed by atoms with Gasteiger partial charge >= 0.3 is 5.97 Å². The van der Waals surface area contributed by atoms with Crippen molar-refractivity contribution in [2.45, 2.75) is 32.4 Å². The molecule has 0 aliphatic carbocycles. The van der Waals surface area contributed by atoms with Gasteiger partial charge in [0.2, 0.25) is 0 Å². The number of ether oxygens (including phenoxy) is 2. The number of hydrogen-bond acceptors (Lipinski definition) is 5. The molecule has 0 saturated carbocycles. The van der Waals surface area contributed by atoms with E-state index < -0.39 is 0 Å². The Morgan fingerprint density at radius 3 is 2.91 bits per heavy atom. The van der Waals surface area contributed by atoms with E-state index in [2.05, 4.69) is 15.7 Å². The van der Waals surface area contributed by atoms with Crippen LogP contribution in [0.1, 0.15) is 23.5 Å². The van der Waals surface area contributed by atoms with Crippen LogP contribution >= 0.6 is 11.6 Å². The minimum atomic E-state index is -0.310. The third-order valence-corrected chi connectivity index (χ3v) is 6.05. The quantitative estimate of drug-likeness (QED) is 0.409. The largest absolute Gasteiger partial charge is 0.496 e. The summed E-state index contributed by atoms with van der Waals surface area (Å²) in [5, 5.41) is 5.11. The second-order valence-corrected chi connectivity index (χ2v) is 8.37. The molecule has 0 unspecified atom stereocenters. The van der Waals surface area contributed by atoms with E-state index >= 15 is 0 Å². The number of methoxy groups -OCH3 is 1. The molecular formula is C24H23ClN4O3. The van der Waals surface area contributed by atoms with E-state index in [1.54, 1.807) is 31.0 Å². The number of fused-ring (bicyclic) bond motifs is 3. The first-order valence-corrected chi connectivity index (χ1v) is 10.9. The number of aromatic nitrogens is 4. The second-order valence-electron chi connectivity index (χ2n) is 7.93. The summed E-state index contributed by atoms with van der Waals surface area (Å²) in [7, 11) is 3.39. The Morgan fingerprint density at radius 1 is 1.19 bits per heavy atom. The normalized spacial score (nSPS) is 12.8. The predicted octanol–water partition coefficient (Wildman–Crippen LogP) is 4.33. The third kappa shape index (κ3) is 3.84. The van der Waals surface area contributed by atoms with Crippen LogP contribution < -0.4 is 4.74 Å². The zero-order valence-corrected chi connectivity index (χ0v) is 18.7. The molecule has 0 bridgehead atoms. The highest BCUT2D eigenvalue weighted by atomic mass is 35.5. The SMILES string of the molecule is COc1cc(Cl)ccc1-c1cc(CC(=O)OCc2ccc3c(c2)nc2n3CCC2)n(C)n1. The molecule has 0 radical (unpaired) electrons. The number of rotatable bonds is 6. The van der Waals surface area contributed by atoms with Crippen LogP contribution in [0, 0.1) is 0 Å². The van der Waals surface area contributed by atoms with E-state index in [1.807, 2.05) is 24.3 Å². The van der Waals surface area contributed by atoms with Crippen LogP contribution in [-0.4, -0.2) is 32.4 Å². The minimum absolute atomic E-state index is 0.125. The lowest BCUT2D eigenvalue weighted by atomic mass is 10.1. The Balaban J connectivity index is 1.26. The lowest BCUT2D eigenvalue weighted by Gasteiger charge is -2.06. The van der Waals surface area contributed by atoms with Crippen molar-refractivity contribution in [1.29, 1.82) is 0 Å². The van der Waals surface area contributed by atoms with Crippen molar-refractivity contribution in [1.82, 2.24) is 19.3 Å². The Morgan fingerprint density at radius 2 is 2.06 bits per heavy atom. The maximum Gasteiger partial charge on any atom is 0.312 e. The molecule has 7 nitrogen and oxygen atoms in total. The molecule has 1 aliphatic heterocycles. The summed E-state index contributed by atoms with van der Waals surface area (Å²) in [6.45, 7) is 1.24. The molecule has 32 heavy (non-hydrogen) atoms. The minimum Gasteiger partial charge on any atom is -0.496 e. The van der Waals surface area contributed by atoms with Crippen molar-refractivity contribution < 1.29 is 14.3 Å². The summed E-state index contributed by atoms with van der Waals surface area (Å²) < 4.78 is 14.9. The highest BCUT2D eigenvalue weighted by Crippen LogP contribution is 2.32. The maximum atomic E-state index is 12.5. The van der Waals surface area contributed by atoms with E-state index in [0.29, 0.717) is 16.5 Å². The summed E-state index contributed by atoms with van der Waals surface area (Å²) in [4.78, 5) is 17.2. The van der Waals surface area contributed by atoms with Crippen molar-refractivity contribution in [3.05, 3.63) is 64.6 Å². The Labute approximate surface area is 190 Å². The summed E-state index contributed by atoms with van der Waals surface area (Å²) >= 11 is 6.05. The van der Waals surface area contributed by atoms with Crippen LogP contribution in [0.4, 0.5) is 0 Å². The van der Waals surface area contributed by atoms with E-state index in [0.717, 1.165) is 53.1 Å². The molecule has 0 spiro atoms. The highest BCUT2D eigenvalue weighted by molar-refractivity contribution is 6.30. The van der Waals surface area contributed by atoms with Crippen molar-refractivity contribution >= 4 is 28.6 Å². The van der Waals surface area contributed by atoms with Gasteiger partial charge in [-0.1, -0.05) is 17.7 Å². The van der Waals surface area contributed by atoms with E-state index in [9.17, 15) is 4.79 Å². The first kappa shape index (κ1) is 20.6. The van der Waals surface area contributed by atoms with Gasteiger partial charge in [-0.05, 0) is 48.4 Å². The van der Waals surface area contributed by atoms with E-state index in [-0.39, 0.29) is 19.0 Å². The summed E-state index contributed by atoms with van der Waals surface area (Å²) in [6.07, 6.45) is 2.30. The van der Waals surface area contributed by atoms with Gasteiger partial charge in [0.15, 0.2) is 0 Å². The van der Waals surface area contributed by atoms with Gasteiger partial charge in [-0.2, -0.15) is 5.10 Å². The van der Waals surface area contributed by atoms with Crippen molar-refractivity contribution in [3.8, 4) is 17.0 Å². The van der Waals surface area contributed by atoms with Crippen LogP contribution in [-0.2, 0) is 42.6 Å². The lowest BCUT2D eigenvalue weighted by molar-refractivity contribution is -0.144. The molecule has 0 atom stereocenters. The zero-order chi connectivity index (χ0) is 22.2. The fraction of sp³-hybridized carbons (Fsp3) is 0.292. The van der Waals surface area contributed by atoms with Crippen LogP contribution in [0.15, 0.2) is 42.5 Å². The number of esters is 1. The zero-order valence-electron chi connectivity index (χ0n) is 18.0. The molecule has 4 aromatic rings. The molecule has 0 fully saturated rings. The first-order chi connectivity index (χ1) is 15.5. The van der Waals surface area contributed by atoms with Crippen molar-refractivity contribution in [2.75, 3.05) is 7.11 Å². The van der Waals surface area contributed by atoms with E-state index in [4.69, 9.17) is 26.1 Å². The van der Waals surface area contributed by atoms with Gasteiger partial charge in [0, 0.05) is 36.3 Å². The molecule has 0 saturated heterocycles. The van der Waals surface area contributed by atoms with Crippen LogP contribution in [0.25, 0.3) is 22.3 Å². The fourth-order valence-electron chi connectivity index (χ4n) is 4.19. The average molecular weight is 451 g/mol. The van der Waals surface area contributed by atoms with E-state index in [1.165, 1.54) is 0 Å². The molecule has 2 aromatic heterocycles. The third-order valence-electron chi connectivity index (χ3n) is 5.82. The first-order valence-electron chi connectivity index (χ1n) is 10.5. The summed E-state index contributed by atoms with van der Waals surface area (Å²) in [5.74, 6) is 1.46. The lowest BCUT2D eigenvalue weighted by Crippen LogP contribution is -2.11. The Bertz CT molecular complexity index is 1320. The van der Waals surface area contributed by atoms with Gasteiger partial charge in [-0.15, -0.1) is 0 Å². The van der Waals surface area contributed by atoms with Gasteiger partial charge in [-0.3, -0.25) is 9.48 Å². The molecule has 164 valence electrons. The van der Waals surface area contributed by atoms with Gasteiger partial charge in [0.1, 0.15) is 18.2 Å². The molecule has 3 heterocycles. The summed E-state index contributed by atoms with van der Waals surface area (Å²) in [6, 6.07) is 13.3. The molecule has 0 N–H and O–H groups in total. The molecular weight excluding hydrogens is 428 g/mol. The standard InChI is InChI=1S/C24H23ClN4O3/c1-28-17(12-19(27-28)18-7-6-16(25)11-22(18)31-2)13-24(30)32-14-15-5-8-21-20(10-15)26-23-4-3-9-29(21)23/h5-8,10-12H,3-4,9,13-14H2,1-2H3. The molecule has 0 amide bonds. The molecule has 5 rings (SSSR count). The Kier molecular flexibility index (Phi) is 5.35. The van der Waals surface area contributed by atoms with Crippen LogP contribution in [0.2, 0.25) is 5.02 Å². The number of benzene rings is 2. The number of hydrogen-bond donors (Lipinski definition) is 0. The van der Waals surface area contributed by atoms with Crippen LogP contribution in [0.3, 0.4) is 0 Å². The van der Waals surface area contributed by atoms with Gasteiger partial charge in [0.25, 0.3) is 0 Å². The van der Waals surface area contributed by atoms with Crippen molar-refractivity contribution in [3.63, 3.8) is 0 Å². The number of aryl methyl sites for hydroxylation is 3. The number of halogens is 1. The number of carbonyl (C=O) groups is 1. The second kappa shape index (κ2) is 8.31. The Hall–Kier alpha value is -3.32. The number of nitrogens with zero attached hydrogens (tertiary/aromatic N) is 4. The van der Waals surface area contributed by atoms with Crippen molar-refractivity contribution in [2.24, 2.45) is 7.05 Å². The van der Waals surface area contributed by atoms with Gasteiger partial charge < -0.3 is 14.0 Å². The molecule has 1 aliphatic rings. The maximum absolute atomic E-state index is 12.5. The molecule has 8 heteroatoms. The monoisotopic (exact) mass is 450 g/mol. The fourth-order valence-corrected chi connectivity index (χ4v) is 4.36. The van der Waals surface area contributed by atoms with Gasteiger partial charge in [0.05, 0.1) is 30.3 Å². The molecule has 2 aromatic carbocycles. The van der Waals surface area contributed by atoms with Gasteiger partial charge in [-0.25, -0.2) is 4.98 Å². The predicted molar refractivity (Wildman–Crippen MR) is 122 cm³/mol. The van der Waals surface area contributed by atoms with Crippen LogP contribution in [0.5, 0.6) is 5.75 Å². The average Bonchev–Trinajstić information content (AvgIpc) is 3.47.